The van der Waals surface area contributed by atoms with Crippen LogP contribution in [0.5, 0.6) is 5.75 Å². The number of carbonyl (C=O) groups is 2. The van der Waals surface area contributed by atoms with E-state index in [4.69, 9.17) is 9.84 Å². The second-order valence-electron chi connectivity index (χ2n) is 5.69. The van der Waals surface area contributed by atoms with E-state index in [9.17, 15) is 9.59 Å². The first-order valence-electron chi connectivity index (χ1n) is 8.17. The quantitative estimate of drug-likeness (QED) is 0.555. The van der Waals surface area contributed by atoms with E-state index in [2.05, 4.69) is 25.9 Å². The second kappa shape index (κ2) is 8.56. The van der Waals surface area contributed by atoms with Gasteiger partial charge in [0.2, 0.25) is 5.82 Å². The number of tetrazole rings is 1. The number of hydrogen-bond acceptors (Lipinski definition) is 6. The molecular weight excluding hydrogens is 350 g/mol. The number of nitrogens with zero attached hydrogens (tertiary/aromatic N) is 3. The number of aromatic nitrogens is 4. The SMILES string of the molecule is O=C(O)CCc1ccc(NC(=O)c2ccc(OCc3nn[nH]n3)cc2)cc1. The molecule has 1 heterocycles. The minimum absolute atomic E-state index is 0.0762. The highest BCUT2D eigenvalue weighted by atomic mass is 16.5. The lowest BCUT2D eigenvalue weighted by Gasteiger charge is -2.08. The molecule has 3 rings (SSSR count). The molecule has 0 atom stereocenters. The molecule has 0 unspecified atom stereocenters. The van der Waals surface area contributed by atoms with Gasteiger partial charge in [-0.15, -0.1) is 10.2 Å². The van der Waals surface area contributed by atoms with E-state index in [0.717, 1.165) is 5.56 Å². The molecule has 0 saturated heterocycles. The molecule has 0 spiro atoms. The second-order valence-corrected chi connectivity index (χ2v) is 5.69. The zero-order valence-electron chi connectivity index (χ0n) is 14.3. The third kappa shape index (κ3) is 5.36. The Morgan fingerprint density at radius 3 is 2.44 bits per heavy atom. The molecule has 0 bridgehead atoms. The maximum absolute atomic E-state index is 12.3. The lowest BCUT2D eigenvalue weighted by atomic mass is 10.1. The van der Waals surface area contributed by atoms with Crippen LogP contribution in [-0.2, 0) is 17.8 Å². The fourth-order valence-electron chi connectivity index (χ4n) is 2.30. The summed E-state index contributed by atoms with van der Waals surface area (Å²) in [6.45, 7) is 0.177. The minimum atomic E-state index is -0.836. The lowest BCUT2D eigenvalue weighted by Crippen LogP contribution is -2.11. The van der Waals surface area contributed by atoms with Gasteiger partial charge in [-0.3, -0.25) is 9.59 Å². The van der Waals surface area contributed by atoms with Gasteiger partial charge in [-0.05, 0) is 48.4 Å². The normalized spacial score (nSPS) is 10.4. The van der Waals surface area contributed by atoms with Crippen molar-refractivity contribution >= 4 is 17.6 Å². The summed E-state index contributed by atoms with van der Waals surface area (Å²) in [5.41, 5.74) is 2.02. The van der Waals surface area contributed by atoms with Crippen molar-refractivity contribution in [2.75, 3.05) is 5.32 Å². The molecule has 1 aromatic heterocycles. The van der Waals surface area contributed by atoms with Gasteiger partial charge in [0.05, 0.1) is 0 Å². The number of H-pyrrole nitrogens is 1. The number of rotatable bonds is 8. The van der Waals surface area contributed by atoms with Gasteiger partial charge in [-0.25, -0.2) is 0 Å². The molecular formula is C18H17N5O4. The summed E-state index contributed by atoms with van der Waals surface area (Å²) in [5, 5.41) is 24.8. The number of nitrogens with one attached hydrogen (secondary N) is 2. The Morgan fingerprint density at radius 2 is 1.81 bits per heavy atom. The molecule has 0 radical (unpaired) electrons. The first-order valence-corrected chi connectivity index (χ1v) is 8.17. The van der Waals surface area contributed by atoms with Crippen molar-refractivity contribution in [3.05, 3.63) is 65.5 Å². The highest BCUT2D eigenvalue weighted by Gasteiger charge is 2.07. The Morgan fingerprint density at radius 1 is 1.07 bits per heavy atom. The minimum Gasteiger partial charge on any atom is -0.485 e. The summed E-state index contributed by atoms with van der Waals surface area (Å²) in [6.07, 6.45) is 0.529. The first kappa shape index (κ1) is 18.1. The van der Waals surface area contributed by atoms with Gasteiger partial charge >= 0.3 is 5.97 Å². The number of carbonyl (C=O) groups excluding carboxylic acids is 1. The number of carboxylic acids is 1. The average molecular weight is 367 g/mol. The summed E-state index contributed by atoms with van der Waals surface area (Å²) >= 11 is 0. The molecule has 0 fully saturated rings. The number of aromatic amines is 1. The van der Waals surface area contributed by atoms with Gasteiger partial charge < -0.3 is 15.2 Å². The summed E-state index contributed by atoms with van der Waals surface area (Å²) in [6, 6.07) is 13.8. The molecule has 0 aliphatic heterocycles. The molecule has 138 valence electrons. The molecule has 0 saturated carbocycles. The standard InChI is InChI=1S/C18H17N5O4/c24-17(25)10-3-12-1-6-14(7-2-12)19-18(26)13-4-8-15(9-5-13)27-11-16-20-22-23-21-16/h1-2,4-9H,3,10-11H2,(H,19,26)(H,24,25)(H,20,21,22,23). The van der Waals surface area contributed by atoms with Crippen molar-refractivity contribution in [1.82, 2.24) is 20.6 Å². The number of carboxylic acid groups (broad SMARTS) is 1. The third-order valence-electron chi connectivity index (χ3n) is 3.71. The van der Waals surface area contributed by atoms with E-state index >= 15 is 0 Å². The Bertz CT molecular complexity index is 893. The predicted octanol–water partition coefficient (Wildman–Crippen LogP) is 2.05. The first-order chi connectivity index (χ1) is 13.1. The van der Waals surface area contributed by atoms with Crippen LogP contribution in [0.25, 0.3) is 0 Å². The van der Waals surface area contributed by atoms with E-state index in [1.807, 2.05) is 0 Å². The maximum atomic E-state index is 12.3. The number of aliphatic carboxylic acids is 1. The average Bonchev–Trinajstić information content (AvgIpc) is 3.20. The van der Waals surface area contributed by atoms with E-state index < -0.39 is 5.97 Å². The van der Waals surface area contributed by atoms with Gasteiger partial charge in [0, 0.05) is 17.7 Å². The molecule has 1 amide bonds. The van der Waals surface area contributed by atoms with Gasteiger partial charge in [0.1, 0.15) is 5.75 Å². The van der Waals surface area contributed by atoms with Crippen LogP contribution in [0.15, 0.2) is 48.5 Å². The van der Waals surface area contributed by atoms with Crippen molar-refractivity contribution in [2.24, 2.45) is 0 Å². The summed E-state index contributed by atoms with van der Waals surface area (Å²) in [7, 11) is 0. The topological polar surface area (TPSA) is 130 Å². The van der Waals surface area contributed by atoms with Crippen LogP contribution in [0.3, 0.4) is 0 Å². The molecule has 0 aliphatic rings. The summed E-state index contributed by atoms with van der Waals surface area (Å²) in [5.74, 6) is -0.0714. The number of aryl methyl sites for hydroxylation is 1. The molecule has 9 heteroatoms. The predicted molar refractivity (Wildman–Crippen MR) is 95.3 cm³/mol. The van der Waals surface area contributed by atoms with Gasteiger partial charge in [0.25, 0.3) is 5.91 Å². The van der Waals surface area contributed by atoms with Crippen LogP contribution in [0.2, 0.25) is 0 Å². The van der Waals surface area contributed by atoms with Crippen LogP contribution < -0.4 is 10.1 Å². The van der Waals surface area contributed by atoms with Crippen LogP contribution in [0.4, 0.5) is 5.69 Å². The van der Waals surface area contributed by atoms with Crippen molar-refractivity contribution in [2.45, 2.75) is 19.4 Å². The molecule has 27 heavy (non-hydrogen) atoms. The maximum Gasteiger partial charge on any atom is 0.303 e. The van der Waals surface area contributed by atoms with Crippen LogP contribution in [0, 0.1) is 0 Å². The Balaban J connectivity index is 1.53. The van der Waals surface area contributed by atoms with Crippen molar-refractivity contribution in [3.8, 4) is 5.75 Å². The number of hydrogen-bond donors (Lipinski definition) is 3. The van der Waals surface area contributed by atoms with Gasteiger partial charge in [0.15, 0.2) is 6.61 Å². The smallest absolute Gasteiger partial charge is 0.303 e. The monoisotopic (exact) mass is 367 g/mol. The van der Waals surface area contributed by atoms with Crippen LogP contribution >= 0.6 is 0 Å². The van der Waals surface area contributed by atoms with E-state index in [-0.39, 0.29) is 18.9 Å². The zero-order chi connectivity index (χ0) is 19.1. The van der Waals surface area contributed by atoms with Gasteiger partial charge in [-0.1, -0.05) is 17.3 Å². The van der Waals surface area contributed by atoms with Gasteiger partial charge in [-0.2, -0.15) is 5.21 Å². The molecule has 9 nitrogen and oxygen atoms in total. The molecule has 3 aromatic rings. The zero-order valence-corrected chi connectivity index (χ0v) is 14.3. The molecule has 0 aliphatic carbocycles. The Kier molecular flexibility index (Phi) is 5.73. The summed E-state index contributed by atoms with van der Waals surface area (Å²) in [4.78, 5) is 22.9. The number of ether oxygens (including phenoxy) is 1. The number of benzene rings is 2. The van der Waals surface area contributed by atoms with E-state index in [0.29, 0.717) is 29.2 Å². The van der Waals surface area contributed by atoms with Crippen molar-refractivity contribution in [1.29, 1.82) is 0 Å². The highest BCUT2D eigenvalue weighted by Crippen LogP contribution is 2.16. The Labute approximate surface area is 154 Å². The largest absolute Gasteiger partial charge is 0.485 e. The lowest BCUT2D eigenvalue weighted by molar-refractivity contribution is -0.136. The fourth-order valence-corrected chi connectivity index (χ4v) is 2.30. The summed E-state index contributed by atoms with van der Waals surface area (Å²) < 4.78 is 5.50. The number of amides is 1. The third-order valence-corrected chi connectivity index (χ3v) is 3.71. The van der Waals surface area contributed by atoms with E-state index in [1.54, 1.807) is 48.5 Å². The molecule has 2 aromatic carbocycles. The van der Waals surface area contributed by atoms with Crippen molar-refractivity contribution < 1.29 is 19.4 Å². The molecule has 3 N–H and O–H groups in total. The van der Waals surface area contributed by atoms with E-state index in [1.165, 1.54) is 0 Å². The van der Waals surface area contributed by atoms with Crippen LogP contribution in [-0.4, -0.2) is 37.6 Å². The van der Waals surface area contributed by atoms with Crippen LogP contribution in [0.1, 0.15) is 28.2 Å². The fraction of sp³-hybridized carbons (Fsp3) is 0.167. The number of anilines is 1. The highest BCUT2D eigenvalue weighted by molar-refractivity contribution is 6.04. The van der Waals surface area contributed by atoms with Crippen molar-refractivity contribution in [3.63, 3.8) is 0 Å². The Hall–Kier alpha value is -3.75.